The molecule has 2 aromatic carbocycles. The molecular formula is C28H28F4N4O2S. The summed E-state index contributed by atoms with van der Waals surface area (Å²) >= 11 is 0. The number of anilines is 2. The average molecular weight is 561 g/mol. The summed E-state index contributed by atoms with van der Waals surface area (Å²) in [5.41, 5.74) is 0.943. The van der Waals surface area contributed by atoms with Gasteiger partial charge in [-0.1, -0.05) is 18.1 Å². The highest BCUT2D eigenvalue weighted by atomic mass is 32.2. The van der Waals surface area contributed by atoms with Gasteiger partial charge in [-0.3, -0.25) is 0 Å². The van der Waals surface area contributed by atoms with Crippen LogP contribution in [0.3, 0.4) is 0 Å². The zero-order chi connectivity index (χ0) is 28.4. The first-order valence-electron chi connectivity index (χ1n) is 12.4. The molecule has 0 bridgehead atoms. The molecule has 4 rings (SSSR count). The molecule has 0 atom stereocenters. The van der Waals surface area contributed by atoms with Gasteiger partial charge in [0.2, 0.25) is 0 Å². The Hall–Kier alpha value is -3.70. The van der Waals surface area contributed by atoms with Crippen LogP contribution in [-0.4, -0.2) is 43.3 Å². The van der Waals surface area contributed by atoms with Crippen LogP contribution >= 0.6 is 0 Å². The molecule has 206 valence electrons. The Balaban J connectivity index is 1.57. The van der Waals surface area contributed by atoms with Crippen LogP contribution in [0.4, 0.5) is 28.9 Å². The molecule has 0 radical (unpaired) electrons. The molecule has 0 amide bonds. The van der Waals surface area contributed by atoms with Gasteiger partial charge in [0.15, 0.2) is 0 Å². The monoisotopic (exact) mass is 560 g/mol. The number of aromatic nitrogens is 1. The topological polar surface area (TPSA) is 86.9 Å². The van der Waals surface area contributed by atoms with Crippen molar-refractivity contribution in [2.75, 3.05) is 28.7 Å². The van der Waals surface area contributed by atoms with E-state index in [9.17, 15) is 31.2 Å². The summed E-state index contributed by atoms with van der Waals surface area (Å²) in [6.45, 7) is 2.11. The number of sulfone groups is 1. The lowest BCUT2D eigenvalue weighted by atomic mass is 9.86. The normalized spacial score (nSPS) is 15.8. The van der Waals surface area contributed by atoms with Gasteiger partial charge in [-0.25, -0.2) is 12.8 Å². The van der Waals surface area contributed by atoms with E-state index in [2.05, 4.69) is 28.5 Å². The number of hydrogen-bond donors (Lipinski definition) is 2. The van der Waals surface area contributed by atoms with E-state index in [0.717, 1.165) is 4.57 Å². The predicted molar refractivity (Wildman–Crippen MR) is 144 cm³/mol. The second-order valence-electron chi connectivity index (χ2n) is 10.1. The van der Waals surface area contributed by atoms with E-state index in [0.29, 0.717) is 35.0 Å². The maximum atomic E-state index is 14.5. The number of hydrogen-bond acceptors (Lipinski definition) is 5. The summed E-state index contributed by atoms with van der Waals surface area (Å²) < 4.78 is 79.5. The van der Waals surface area contributed by atoms with E-state index in [4.69, 9.17) is 0 Å². The van der Waals surface area contributed by atoms with E-state index in [1.807, 2.05) is 0 Å². The van der Waals surface area contributed by atoms with Gasteiger partial charge >= 0.3 is 6.18 Å². The SMILES string of the molecule is CC(C)(C#N)c1ccc(NCC#Cc2cc3c(NC4CCS(=O)(=O)CC4)cccc3n2CC(F)(F)F)c(F)c1. The van der Waals surface area contributed by atoms with Crippen LogP contribution in [-0.2, 0) is 21.8 Å². The first-order valence-corrected chi connectivity index (χ1v) is 14.2. The largest absolute Gasteiger partial charge is 0.406 e. The Morgan fingerprint density at radius 1 is 1.08 bits per heavy atom. The van der Waals surface area contributed by atoms with Crippen molar-refractivity contribution >= 4 is 32.1 Å². The van der Waals surface area contributed by atoms with E-state index in [1.54, 1.807) is 44.2 Å². The average Bonchev–Trinajstić information content (AvgIpc) is 3.20. The maximum Gasteiger partial charge on any atom is 0.406 e. The summed E-state index contributed by atoms with van der Waals surface area (Å²) in [6.07, 6.45) is -3.64. The lowest BCUT2D eigenvalue weighted by Gasteiger charge is -2.24. The molecule has 11 heteroatoms. The minimum absolute atomic E-state index is 0.0207. The van der Waals surface area contributed by atoms with Gasteiger partial charge < -0.3 is 15.2 Å². The van der Waals surface area contributed by atoms with Crippen LogP contribution in [0.5, 0.6) is 0 Å². The van der Waals surface area contributed by atoms with Crippen LogP contribution in [0.2, 0.25) is 0 Å². The number of fused-ring (bicyclic) bond motifs is 1. The molecule has 3 aromatic rings. The van der Waals surface area contributed by atoms with Gasteiger partial charge in [-0.05, 0) is 68.5 Å². The molecule has 2 heterocycles. The molecule has 0 spiro atoms. The lowest BCUT2D eigenvalue weighted by Crippen LogP contribution is -2.32. The summed E-state index contributed by atoms with van der Waals surface area (Å²) in [7, 11) is -3.05. The van der Waals surface area contributed by atoms with Crippen molar-refractivity contribution in [2.45, 2.75) is 50.9 Å². The molecule has 2 N–H and O–H groups in total. The van der Waals surface area contributed by atoms with Gasteiger partial charge in [-0.2, -0.15) is 18.4 Å². The van der Waals surface area contributed by atoms with Crippen molar-refractivity contribution in [1.82, 2.24) is 4.57 Å². The van der Waals surface area contributed by atoms with E-state index in [-0.39, 0.29) is 35.5 Å². The first-order chi connectivity index (χ1) is 18.3. The Bertz CT molecular complexity index is 1580. The van der Waals surface area contributed by atoms with Gasteiger partial charge in [0.25, 0.3) is 0 Å². The number of nitriles is 1. The summed E-state index contributed by atoms with van der Waals surface area (Å²) in [5.74, 6) is 5.13. The molecule has 0 unspecified atom stereocenters. The van der Waals surface area contributed by atoms with Crippen LogP contribution in [0.1, 0.15) is 37.9 Å². The number of rotatable bonds is 6. The van der Waals surface area contributed by atoms with E-state index < -0.39 is 33.8 Å². The third-order valence-corrected chi connectivity index (χ3v) is 8.47. The molecule has 1 saturated heterocycles. The fourth-order valence-electron chi connectivity index (χ4n) is 4.50. The zero-order valence-electron chi connectivity index (χ0n) is 21.5. The summed E-state index contributed by atoms with van der Waals surface area (Å²) in [6, 6.07) is 13.0. The highest BCUT2D eigenvalue weighted by molar-refractivity contribution is 7.91. The van der Waals surface area contributed by atoms with Crippen molar-refractivity contribution < 1.29 is 26.0 Å². The summed E-state index contributed by atoms with van der Waals surface area (Å²) in [4.78, 5) is 0. The number of alkyl halides is 3. The molecule has 39 heavy (non-hydrogen) atoms. The summed E-state index contributed by atoms with van der Waals surface area (Å²) in [5, 5.41) is 15.9. The van der Waals surface area contributed by atoms with Crippen molar-refractivity contribution in [3.8, 4) is 17.9 Å². The maximum absolute atomic E-state index is 14.5. The number of nitrogens with one attached hydrogen (secondary N) is 2. The van der Waals surface area contributed by atoms with Gasteiger partial charge in [0.05, 0.1) is 46.4 Å². The molecule has 0 aliphatic carbocycles. The third kappa shape index (κ3) is 6.85. The zero-order valence-corrected chi connectivity index (χ0v) is 22.3. The first kappa shape index (κ1) is 28.3. The minimum atomic E-state index is -4.48. The minimum Gasteiger partial charge on any atom is -0.382 e. The van der Waals surface area contributed by atoms with Crippen molar-refractivity contribution in [3.63, 3.8) is 0 Å². The fraction of sp³-hybridized carbons (Fsp3) is 0.393. The number of halogens is 4. The van der Waals surface area contributed by atoms with Crippen LogP contribution in [0, 0.1) is 29.0 Å². The van der Waals surface area contributed by atoms with E-state index in [1.165, 1.54) is 12.1 Å². The molecule has 6 nitrogen and oxygen atoms in total. The lowest BCUT2D eigenvalue weighted by molar-refractivity contribution is -0.140. The Morgan fingerprint density at radius 2 is 1.79 bits per heavy atom. The molecule has 1 aliphatic rings. The predicted octanol–water partition coefficient (Wildman–Crippen LogP) is 5.60. The third-order valence-electron chi connectivity index (χ3n) is 6.75. The molecule has 1 aliphatic heterocycles. The van der Waals surface area contributed by atoms with Crippen molar-refractivity contribution in [2.24, 2.45) is 0 Å². The smallest absolute Gasteiger partial charge is 0.382 e. The number of nitrogens with zero attached hydrogens (tertiary/aromatic N) is 2. The standard InChI is InChI=1S/C28H28F4N4O2S/c1-27(2,17-33)19-8-9-25(23(29)15-19)34-12-4-5-21-16-22-24(35-20-10-13-39(37,38)14-11-20)6-3-7-26(22)36(21)18-28(30,31)32/h3,6-9,15-16,20,34-35H,10-14,18H2,1-2H3. The molecule has 1 aromatic heterocycles. The van der Waals surface area contributed by atoms with E-state index >= 15 is 0 Å². The highest BCUT2D eigenvalue weighted by Gasteiger charge is 2.30. The Morgan fingerprint density at radius 3 is 2.44 bits per heavy atom. The Kier molecular flexibility index (Phi) is 7.85. The number of benzene rings is 2. The molecular weight excluding hydrogens is 532 g/mol. The fourth-order valence-corrected chi connectivity index (χ4v) is 6.00. The van der Waals surface area contributed by atoms with Crippen LogP contribution in [0.25, 0.3) is 10.9 Å². The van der Waals surface area contributed by atoms with Crippen molar-refractivity contribution in [3.05, 3.63) is 59.5 Å². The van der Waals surface area contributed by atoms with Crippen LogP contribution < -0.4 is 10.6 Å². The van der Waals surface area contributed by atoms with Crippen molar-refractivity contribution in [1.29, 1.82) is 5.26 Å². The quantitative estimate of drug-likeness (QED) is 0.303. The van der Waals surface area contributed by atoms with Gasteiger partial charge in [-0.15, -0.1) is 0 Å². The second kappa shape index (κ2) is 10.8. The molecule has 1 fully saturated rings. The van der Waals surface area contributed by atoms with Gasteiger partial charge in [0, 0.05) is 17.1 Å². The highest BCUT2D eigenvalue weighted by Crippen LogP contribution is 2.31. The second-order valence-corrected chi connectivity index (χ2v) is 12.4. The Labute approximate surface area is 224 Å². The molecule has 0 saturated carbocycles. The van der Waals surface area contributed by atoms with Gasteiger partial charge in [0.1, 0.15) is 22.2 Å². The van der Waals surface area contributed by atoms with Crippen LogP contribution in [0.15, 0.2) is 42.5 Å².